The van der Waals surface area contributed by atoms with E-state index in [1.165, 1.54) is 33.0 Å². The molecule has 0 aliphatic heterocycles. The Morgan fingerprint density at radius 3 is 0.952 bits per heavy atom. The molecule has 218 valence electrons. The van der Waals surface area contributed by atoms with Gasteiger partial charge in [-0.3, -0.25) is 0 Å². The summed E-state index contributed by atoms with van der Waals surface area (Å²) >= 11 is 0. The molecule has 2 nitrogen and oxygen atoms in total. The van der Waals surface area contributed by atoms with Crippen LogP contribution in [0.5, 0.6) is 0 Å². The van der Waals surface area contributed by atoms with Crippen LogP contribution in [0.3, 0.4) is 0 Å². The fourth-order valence-electron chi connectivity index (χ4n) is 6.19. The summed E-state index contributed by atoms with van der Waals surface area (Å²) in [6.07, 6.45) is 0. The highest BCUT2D eigenvalue weighted by Gasteiger charge is 2.32. The van der Waals surface area contributed by atoms with E-state index < -0.39 is 0 Å². The van der Waals surface area contributed by atoms with Gasteiger partial charge >= 0.3 is 0 Å². The lowest BCUT2D eigenvalue weighted by Crippen LogP contribution is -2.19. The summed E-state index contributed by atoms with van der Waals surface area (Å²) in [5.74, 6) is 0. The summed E-state index contributed by atoms with van der Waals surface area (Å²) in [5.41, 5.74) is 11.2. The SMILES string of the molecule is CC(C)(C)c1cccc(C(C)(C)C)c1N=C1C(=Nc2c(C(C)(C)C)cccc2C(C)(C)C)c2cccc3cccc1c23. The van der Waals surface area contributed by atoms with Gasteiger partial charge in [0, 0.05) is 16.5 Å². The second kappa shape index (κ2) is 10.0. The molecular weight excluding hydrogens is 508 g/mol. The van der Waals surface area contributed by atoms with Crippen molar-refractivity contribution in [3.8, 4) is 0 Å². The van der Waals surface area contributed by atoms with Gasteiger partial charge in [-0.1, -0.05) is 156 Å². The predicted octanol–water partition coefficient (Wildman–Crippen LogP) is 11.3. The molecule has 0 bridgehead atoms. The molecule has 4 aromatic rings. The van der Waals surface area contributed by atoms with E-state index in [0.717, 1.165) is 33.9 Å². The Morgan fingerprint density at radius 2 is 0.667 bits per heavy atom. The standard InChI is InChI=1S/C40H48N2/c1-37(2,3)28-21-15-22-29(38(4,5)6)35(28)41-33-26-19-13-17-25-18-14-20-27(32(25)26)34(33)42-36-30(39(7,8)9)23-16-24-31(36)40(10,11)12/h13-24H,1-12H3. The Morgan fingerprint density at radius 1 is 0.381 bits per heavy atom. The van der Waals surface area contributed by atoms with Crippen molar-refractivity contribution in [3.05, 3.63) is 106 Å². The molecule has 42 heavy (non-hydrogen) atoms. The van der Waals surface area contributed by atoms with Crippen molar-refractivity contribution in [1.29, 1.82) is 0 Å². The van der Waals surface area contributed by atoms with Crippen LogP contribution in [0.1, 0.15) is 116 Å². The molecule has 0 amide bonds. The molecule has 0 aromatic heterocycles. The van der Waals surface area contributed by atoms with Crippen LogP contribution in [0.15, 0.2) is 82.8 Å². The van der Waals surface area contributed by atoms with Crippen LogP contribution in [-0.2, 0) is 21.7 Å². The molecule has 0 saturated carbocycles. The summed E-state index contributed by atoms with van der Waals surface area (Å²) in [7, 11) is 0. The normalized spacial score (nSPS) is 16.2. The molecule has 2 heteroatoms. The summed E-state index contributed by atoms with van der Waals surface area (Å²) in [4.78, 5) is 11.4. The van der Waals surface area contributed by atoms with Gasteiger partial charge in [0.2, 0.25) is 0 Å². The highest BCUT2D eigenvalue weighted by Crippen LogP contribution is 2.44. The van der Waals surface area contributed by atoms with E-state index in [4.69, 9.17) is 9.98 Å². The molecule has 5 rings (SSSR count). The first-order chi connectivity index (χ1) is 19.4. The fraction of sp³-hybridized carbons (Fsp3) is 0.400. The Balaban J connectivity index is 1.94. The molecule has 0 fully saturated rings. The molecule has 0 radical (unpaired) electrons. The summed E-state index contributed by atoms with van der Waals surface area (Å²) in [6, 6.07) is 26.6. The third-order valence-electron chi connectivity index (χ3n) is 8.39. The van der Waals surface area contributed by atoms with E-state index in [9.17, 15) is 0 Å². The third-order valence-corrected chi connectivity index (χ3v) is 8.39. The van der Waals surface area contributed by atoms with Gasteiger partial charge in [-0.2, -0.15) is 0 Å². The summed E-state index contributed by atoms with van der Waals surface area (Å²) in [5, 5.41) is 2.47. The van der Waals surface area contributed by atoms with Gasteiger partial charge in [0.15, 0.2) is 0 Å². The largest absolute Gasteiger partial charge is 0.245 e. The van der Waals surface area contributed by atoms with Crippen molar-refractivity contribution in [3.63, 3.8) is 0 Å². The highest BCUT2D eigenvalue weighted by atomic mass is 14.9. The van der Waals surface area contributed by atoms with Crippen LogP contribution in [0.4, 0.5) is 11.4 Å². The van der Waals surface area contributed by atoms with Crippen LogP contribution in [0, 0.1) is 0 Å². The number of hydrogen-bond acceptors (Lipinski definition) is 2. The Bertz CT molecular complexity index is 1550. The van der Waals surface area contributed by atoms with Gasteiger partial charge in [0.1, 0.15) is 0 Å². The van der Waals surface area contributed by atoms with E-state index in [-0.39, 0.29) is 21.7 Å². The van der Waals surface area contributed by atoms with Gasteiger partial charge in [-0.05, 0) is 49.3 Å². The molecule has 0 unspecified atom stereocenters. The quantitative estimate of drug-likeness (QED) is 0.235. The first kappa shape index (κ1) is 30.0. The van der Waals surface area contributed by atoms with Crippen molar-refractivity contribution in [2.75, 3.05) is 0 Å². The van der Waals surface area contributed by atoms with E-state index in [1.807, 2.05) is 0 Å². The summed E-state index contributed by atoms with van der Waals surface area (Å²) in [6.45, 7) is 27.4. The smallest absolute Gasteiger partial charge is 0.0979 e. The average Bonchev–Trinajstić information content (AvgIpc) is 3.16. The molecule has 0 atom stereocenters. The Kier molecular flexibility index (Phi) is 7.16. The van der Waals surface area contributed by atoms with Crippen molar-refractivity contribution in [2.45, 2.75) is 105 Å². The number of benzene rings is 4. The van der Waals surface area contributed by atoms with Gasteiger partial charge in [0.05, 0.1) is 22.8 Å². The van der Waals surface area contributed by atoms with E-state index in [1.54, 1.807) is 0 Å². The van der Waals surface area contributed by atoms with Crippen molar-refractivity contribution < 1.29 is 0 Å². The molecule has 0 N–H and O–H groups in total. The van der Waals surface area contributed by atoms with E-state index in [0.29, 0.717) is 0 Å². The van der Waals surface area contributed by atoms with Gasteiger partial charge in [-0.25, -0.2) is 9.98 Å². The zero-order valence-electron chi connectivity index (χ0n) is 27.8. The lowest BCUT2D eigenvalue weighted by Gasteiger charge is -2.29. The number of para-hydroxylation sites is 2. The molecule has 0 heterocycles. The predicted molar refractivity (Wildman–Crippen MR) is 184 cm³/mol. The monoisotopic (exact) mass is 556 g/mol. The molecule has 0 spiro atoms. The number of hydrogen-bond donors (Lipinski definition) is 0. The zero-order valence-corrected chi connectivity index (χ0v) is 27.8. The zero-order chi connectivity index (χ0) is 30.8. The second-order valence-corrected chi connectivity index (χ2v) is 16.0. The number of nitrogens with zero attached hydrogens (tertiary/aromatic N) is 2. The maximum atomic E-state index is 5.68. The number of rotatable bonds is 2. The minimum absolute atomic E-state index is 0.0618. The number of aliphatic imine (C=N–C) groups is 2. The van der Waals surface area contributed by atoms with Crippen molar-refractivity contribution in [1.82, 2.24) is 0 Å². The molecule has 4 aromatic carbocycles. The lowest BCUT2D eigenvalue weighted by molar-refractivity contribution is 0.570. The van der Waals surface area contributed by atoms with Crippen LogP contribution in [-0.4, -0.2) is 11.4 Å². The first-order valence-corrected chi connectivity index (χ1v) is 15.4. The molecular formula is C40H48N2. The van der Waals surface area contributed by atoms with Crippen molar-refractivity contribution in [2.24, 2.45) is 9.98 Å². The van der Waals surface area contributed by atoms with Gasteiger partial charge in [0.25, 0.3) is 0 Å². The van der Waals surface area contributed by atoms with Crippen LogP contribution >= 0.6 is 0 Å². The highest BCUT2D eigenvalue weighted by molar-refractivity contribution is 6.61. The van der Waals surface area contributed by atoms with Crippen molar-refractivity contribution >= 4 is 33.6 Å². The second-order valence-electron chi connectivity index (χ2n) is 16.0. The molecule has 1 aliphatic rings. The lowest BCUT2D eigenvalue weighted by atomic mass is 9.78. The van der Waals surface area contributed by atoms with E-state index in [2.05, 4.69) is 156 Å². The third kappa shape index (κ3) is 5.37. The maximum absolute atomic E-state index is 5.68. The minimum atomic E-state index is -0.0618. The average molecular weight is 557 g/mol. The maximum Gasteiger partial charge on any atom is 0.0979 e. The van der Waals surface area contributed by atoms with Gasteiger partial charge in [-0.15, -0.1) is 0 Å². The van der Waals surface area contributed by atoms with E-state index >= 15 is 0 Å². The van der Waals surface area contributed by atoms with Crippen LogP contribution in [0.25, 0.3) is 10.8 Å². The topological polar surface area (TPSA) is 24.7 Å². The Hall–Kier alpha value is -3.52. The molecule has 0 saturated heterocycles. The van der Waals surface area contributed by atoms with Crippen LogP contribution in [0.2, 0.25) is 0 Å². The summed E-state index contributed by atoms with van der Waals surface area (Å²) < 4.78 is 0. The van der Waals surface area contributed by atoms with Gasteiger partial charge < -0.3 is 0 Å². The van der Waals surface area contributed by atoms with Crippen LogP contribution < -0.4 is 0 Å². The Labute approximate surface area is 254 Å². The molecule has 1 aliphatic carbocycles. The minimum Gasteiger partial charge on any atom is -0.245 e. The first-order valence-electron chi connectivity index (χ1n) is 15.4. The fourth-order valence-corrected chi connectivity index (χ4v) is 6.19.